The molecule has 1 N–H and O–H groups in total. The van der Waals surface area contributed by atoms with E-state index < -0.39 is 34.0 Å². The monoisotopic (exact) mass is 441 g/mol. The highest BCUT2D eigenvalue weighted by molar-refractivity contribution is 7.88. The van der Waals surface area contributed by atoms with E-state index in [9.17, 15) is 22.8 Å². The van der Waals surface area contributed by atoms with Crippen LogP contribution in [0.5, 0.6) is 5.75 Å². The van der Waals surface area contributed by atoms with E-state index in [2.05, 4.69) is 5.32 Å². The van der Waals surface area contributed by atoms with Crippen molar-refractivity contribution in [2.45, 2.75) is 25.4 Å². The maximum Gasteiger partial charge on any atom is 0.328 e. The van der Waals surface area contributed by atoms with Crippen molar-refractivity contribution >= 4 is 27.8 Å². The lowest BCUT2D eigenvalue weighted by Crippen LogP contribution is -2.62. The maximum absolute atomic E-state index is 13.0. The Kier molecular flexibility index (Phi) is 7.79. The number of piperazine rings is 1. The molecule has 1 fully saturated rings. The van der Waals surface area contributed by atoms with Gasteiger partial charge < -0.3 is 19.7 Å². The number of amides is 2. The molecule has 0 aliphatic carbocycles. The van der Waals surface area contributed by atoms with Crippen molar-refractivity contribution in [2.24, 2.45) is 0 Å². The summed E-state index contributed by atoms with van der Waals surface area (Å²) in [5, 5.41) is 2.61. The van der Waals surface area contributed by atoms with Gasteiger partial charge in [-0.05, 0) is 17.7 Å². The Hall–Kier alpha value is -2.66. The van der Waals surface area contributed by atoms with E-state index in [1.807, 2.05) is 0 Å². The van der Waals surface area contributed by atoms with Crippen molar-refractivity contribution in [3.05, 3.63) is 29.8 Å². The summed E-state index contributed by atoms with van der Waals surface area (Å²) in [6, 6.07) is 4.93. The Morgan fingerprint density at radius 3 is 2.30 bits per heavy atom. The zero-order chi connectivity index (χ0) is 22.5. The first-order chi connectivity index (χ1) is 14.1. The van der Waals surface area contributed by atoms with Crippen LogP contribution in [-0.2, 0) is 35.6 Å². The van der Waals surface area contributed by atoms with Gasteiger partial charge in [0.2, 0.25) is 21.8 Å². The lowest BCUT2D eigenvalue weighted by Gasteiger charge is -2.39. The number of benzene rings is 1. The molecule has 0 bridgehead atoms. The molecule has 1 aromatic carbocycles. The molecule has 0 unspecified atom stereocenters. The van der Waals surface area contributed by atoms with E-state index in [-0.39, 0.29) is 32.0 Å². The summed E-state index contributed by atoms with van der Waals surface area (Å²) in [5.74, 6) is -0.975. The van der Waals surface area contributed by atoms with Gasteiger partial charge in [0, 0.05) is 33.0 Å². The summed E-state index contributed by atoms with van der Waals surface area (Å²) in [6.07, 6.45) is 1.21. The molecular formula is C19H27N3O7S. The van der Waals surface area contributed by atoms with Gasteiger partial charge in [0.25, 0.3) is 0 Å². The molecule has 1 aliphatic heterocycles. The van der Waals surface area contributed by atoms with Crippen molar-refractivity contribution < 1.29 is 32.3 Å². The van der Waals surface area contributed by atoms with Crippen LogP contribution >= 0.6 is 0 Å². The second-order valence-electron chi connectivity index (χ2n) is 6.99. The molecule has 1 saturated heterocycles. The molecule has 1 heterocycles. The molecule has 2 atom stereocenters. The van der Waals surface area contributed by atoms with Crippen LogP contribution in [0.1, 0.15) is 12.5 Å². The Bertz CT molecular complexity index is 886. The summed E-state index contributed by atoms with van der Waals surface area (Å²) < 4.78 is 34.9. The van der Waals surface area contributed by atoms with E-state index >= 15 is 0 Å². The summed E-state index contributed by atoms with van der Waals surface area (Å²) >= 11 is 0. The van der Waals surface area contributed by atoms with Crippen molar-refractivity contribution in [1.29, 1.82) is 0 Å². The lowest BCUT2D eigenvalue weighted by atomic mass is 10.0. The number of nitrogens with one attached hydrogen (secondary N) is 1. The van der Waals surface area contributed by atoms with E-state index in [0.717, 1.165) is 16.1 Å². The van der Waals surface area contributed by atoms with Crippen LogP contribution < -0.4 is 10.1 Å². The fraction of sp³-hybridized carbons (Fsp3) is 0.526. The van der Waals surface area contributed by atoms with E-state index in [4.69, 9.17) is 9.47 Å². The van der Waals surface area contributed by atoms with Crippen LogP contribution in [0.25, 0.3) is 0 Å². The first kappa shape index (κ1) is 23.6. The van der Waals surface area contributed by atoms with Crippen LogP contribution in [0.3, 0.4) is 0 Å². The van der Waals surface area contributed by atoms with E-state index in [0.29, 0.717) is 5.75 Å². The van der Waals surface area contributed by atoms with Gasteiger partial charge in [-0.3, -0.25) is 9.59 Å². The third-order valence-corrected chi connectivity index (χ3v) is 6.19. The van der Waals surface area contributed by atoms with Gasteiger partial charge in [-0.15, -0.1) is 0 Å². The van der Waals surface area contributed by atoms with Gasteiger partial charge in [-0.1, -0.05) is 12.1 Å². The normalized spacial score (nSPS) is 18.4. The lowest BCUT2D eigenvalue weighted by molar-refractivity contribution is -0.147. The second-order valence-corrected chi connectivity index (χ2v) is 8.97. The number of hydrogen-bond acceptors (Lipinski definition) is 7. The first-order valence-corrected chi connectivity index (χ1v) is 11.1. The van der Waals surface area contributed by atoms with Crippen LogP contribution in [0.15, 0.2) is 24.3 Å². The number of ether oxygens (including phenoxy) is 2. The highest BCUT2D eigenvalue weighted by atomic mass is 32.2. The fourth-order valence-electron chi connectivity index (χ4n) is 3.26. The van der Waals surface area contributed by atoms with Crippen LogP contribution in [0.4, 0.5) is 0 Å². The van der Waals surface area contributed by atoms with Gasteiger partial charge in [0.15, 0.2) is 0 Å². The first-order valence-electron chi connectivity index (χ1n) is 9.30. The number of carbonyl (C=O) groups excluding carboxylic acids is 3. The molecule has 0 spiro atoms. The molecule has 10 nitrogen and oxygen atoms in total. The maximum atomic E-state index is 13.0. The smallest absolute Gasteiger partial charge is 0.328 e. The minimum absolute atomic E-state index is 0.0852. The Balaban J connectivity index is 2.20. The van der Waals surface area contributed by atoms with Gasteiger partial charge >= 0.3 is 5.97 Å². The molecule has 0 aromatic heterocycles. The SMILES string of the molecule is COC(=O)[C@H](Cc1ccc(OC)cc1)NC(=O)[C@@H]1CN(S(C)(=O)=O)CCN1C(C)=O. The quantitative estimate of drug-likeness (QED) is 0.560. The minimum atomic E-state index is -3.53. The third kappa shape index (κ3) is 5.92. The van der Waals surface area contributed by atoms with Crippen LogP contribution in [0, 0.1) is 0 Å². The van der Waals surface area contributed by atoms with Gasteiger partial charge in [-0.2, -0.15) is 4.31 Å². The standard InChI is InChI=1S/C19H27N3O7S/c1-13(23)22-10-9-21(30(4,26)27)12-17(22)18(24)20-16(19(25)29-3)11-14-5-7-15(28-2)8-6-14/h5-8,16-17H,9-12H2,1-4H3,(H,20,24)/t16-,17-/m0/s1. The Labute approximate surface area is 176 Å². The van der Waals surface area contributed by atoms with Crippen molar-refractivity contribution in [1.82, 2.24) is 14.5 Å². The van der Waals surface area contributed by atoms with Gasteiger partial charge in [-0.25, -0.2) is 13.2 Å². The van der Waals surface area contributed by atoms with Crippen molar-refractivity contribution in [2.75, 3.05) is 40.1 Å². The molecule has 11 heteroatoms. The third-order valence-electron chi connectivity index (χ3n) is 4.92. The zero-order valence-corrected chi connectivity index (χ0v) is 18.3. The topological polar surface area (TPSA) is 122 Å². The number of esters is 1. The predicted molar refractivity (Wildman–Crippen MR) is 108 cm³/mol. The molecule has 0 saturated carbocycles. The zero-order valence-electron chi connectivity index (χ0n) is 17.5. The van der Waals surface area contributed by atoms with E-state index in [1.165, 1.54) is 26.0 Å². The van der Waals surface area contributed by atoms with Crippen LogP contribution in [0.2, 0.25) is 0 Å². The average Bonchev–Trinajstić information content (AvgIpc) is 2.71. The molecular weight excluding hydrogens is 414 g/mol. The molecule has 166 valence electrons. The number of nitrogens with zero attached hydrogens (tertiary/aromatic N) is 2. The fourth-order valence-corrected chi connectivity index (χ4v) is 4.09. The molecule has 0 radical (unpaired) electrons. The Morgan fingerprint density at radius 1 is 1.17 bits per heavy atom. The van der Waals surface area contributed by atoms with Crippen molar-refractivity contribution in [3.8, 4) is 5.75 Å². The van der Waals surface area contributed by atoms with Gasteiger partial charge in [0.05, 0.1) is 20.5 Å². The molecule has 2 amide bonds. The van der Waals surface area contributed by atoms with Crippen LogP contribution in [-0.4, -0.2) is 87.6 Å². The van der Waals surface area contributed by atoms with E-state index in [1.54, 1.807) is 24.3 Å². The van der Waals surface area contributed by atoms with Crippen molar-refractivity contribution in [3.63, 3.8) is 0 Å². The number of sulfonamides is 1. The summed E-state index contributed by atoms with van der Waals surface area (Å²) in [4.78, 5) is 38.5. The minimum Gasteiger partial charge on any atom is -0.497 e. The summed E-state index contributed by atoms with van der Waals surface area (Å²) in [6.45, 7) is 1.32. The van der Waals surface area contributed by atoms with Gasteiger partial charge in [0.1, 0.15) is 17.8 Å². The largest absolute Gasteiger partial charge is 0.497 e. The molecule has 2 rings (SSSR count). The summed E-state index contributed by atoms with van der Waals surface area (Å²) in [5.41, 5.74) is 0.760. The number of carbonyl (C=O) groups is 3. The highest BCUT2D eigenvalue weighted by Crippen LogP contribution is 2.16. The molecule has 1 aliphatic rings. The number of methoxy groups -OCH3 is 2. The average molecular weight is 442 g/mol. The summed E-state index contributed by atoms with van der Waals surface area (Å²) in [7, 11) is -0.784. The predicted octanol–water partition coefficient (Wildman–Crippen LogP) is -0.612. The highest BCUT2D eigenvalue weighted by Gasteiger charge is 2.38. The second kappa shape index (κ2) is 9.90. The molecule has 30 heavy (non-hydrogen) atoms. The number of hydrogen-bond donors (Lipinski definition) is 1. The molecule has 1 aromatic rings. The Morgan fingerprint density at radius 2 is 1.80 bits per heavy atom. The number of rotatable bonds is 7.